The summed E-state index contributed by atoms with van der Waals surface area (Å²) in [5.74, 6) is 0.323. The smallest absolute Gasteiger partial charge is 0.318 e. The Morgan fingerprint density at radius 3 is 2.26 bits per heavy atom. The molecule has 182 valence electrons. The fourth-order valence-corrected chi connectivity index (χ4v) is 4.03. The first kappa shape index (κ1) is 24.0. The molecule has 35 heavy (non-hydrogen) atoms. The maximum atomic E-state index is 13.0. The van der Waals surface area contributed by atoms with Crippen molar-refractivity contribution in [1.29, 1.82) is 0 Å². The quantitative estimate of drug-likeness (QED) is 0.528. The Hall–Kier alpha value is -4.14. The van der Waals surface area contributed by atoms with Gasteiger partial charge < -0.3 is 19.9 Å². The molecular weight excluding hydrogens is 446 g/mol. The highest BCUT2D eigenvalue weighted by Gasteiger charge is 2.26. The molecule has 1 aliphatic heterocycles. The van der Waals surface area contributed by atoms with Gasteiger partial charge in [0, 0.05) is 32.2 Å². The van der Waals surface area contributed by atoms with E-state index in [2.05, 4.69) is 15.3 Å². The highest BCUT2D eigenvalue weighted by atomic mass is 16.5. The van der Waals surface area contributed by atoms with Crippen LogP contribution in [0.4, 0.5) is 10.6 Å². The molecule has 2 heterocycles. The fraction of sp³-hybridized carbons (Fsp3) is 0.308. The Morgan fingerprint density at radius 1 is 0.943 bits per heavy atom. The Kier molecular flexibility index (Phi) is 7.77. The van der Waals surface area contributed by atoms with Gasteiger partial charge in [0.15, 0.2) is 0 Å². The summed E-state index contributed by atoms with van der Waals surface area (Å²) in [5, 5.41) is 7.53. The third-order valence-corrected chi connectivity index (χ3v) is 5.85. The van der Waals surface area contributed by atoms with Crippen molar-refractivity contribution in [3.8, 4) is 5.69 Å². The lowest BCUT2D eigenvalue weighted by atomic mass is 10.0. The van der Waals surface area contributed by atoms with Crippen LogP contribution in [0.25, 0.3) is 5.69 Å². The number of nitrogens with zero attached hydrogens (tertiary/aromatic N) is 4. The predicted molar refractivity (Wildman–Crippen MR) is 133 cm³/mol. The van der Waals surface area contributed by atoms with Gasteiger partial charge in [-0.05, 0) is 30.7 Å². The number of piperazine rings is 1. The number of carbonyl (C=O) groups is 2. The molecule has 1 aliphatic rings. The normalized spacial score (nSPS) is 14.3. The average molecular weight is 476 g/mol. The number of carbonyl (C=O) groups excluding carboxylic acids is 2. The van der Waals surface area contributed by atoms with Crippen LogP contribution in [0.5, 0.6) is 0 Å². The number of esters is 1. The summed E-state index contributed by atoms with van der Waals surface area (Å²) in [5.41, 5.74) is 1.34. The van der Waals surface area contributed by atoms with Crippen molar-refractivity contribution in [2.45, 2.75) is 19.4 Å². The number of hydrogen-bond acceptors (Lipinski definition) is 6. The molecule has 0 bridgehead atoms. The van der Waals surface area contributed by atoms with Crippen molar-refractivity contribution in [3.05, 3.63) is 88.7 Å². The van der Waals surface area contributed by atoms with E-state index in [1.165, 1.54) is 10.7 Å². The molecule has 1 aromatic heterocycles. The first-order valence-electron chi connectivity index (χ1n) is 11.7. The lowest BCUT2D eigenvalue weighted by molar-refractivity contribution is -0.143. The zero-order valence-corrected chi connectivity index (χ0v) is 19.7. The SMILES string of the molecule is CCOC(=O)C[C@@H](NC(=O)N1CCN(c2ccc(=O)n(-c3ccccc3)n2)CC1)c1ccccc1. The maximum Gasteiger partial charge on any atom is 0.318 e. The summed E-state index contributed by atoms with van der Waals surface area (Å²) in [4.78, 5) is 41.2. The van der Waals surface area contributed by atoms with Crippen molar-refractivity contribution < 1.29 is 14.3 Å². The molecule has 9 heteroatoms. The molecule has 0 spiro atoms. The van der Waals surface area contributed by atoms with E-state index in [0.29, 0.717) is 44.3 Å². The number of anilines is 1. The summed E-state index contributed by atoms with van der Waals surface area (Å²) < 4.78 is 6.48. The van der Waals surface area contributed by atoms with Crippen molar-refractivity contribution in [2.75, 3.05) is 37.7 Å². The highest BCUT2D eigenvalue weighted by Crippen LogP contribution is 2.19. The predicted octanol–water partition coefficient (Wildman–Crippen LogP) is 2.76. The number of amides is 2. The first-order valence-corrected chi connectivity index (χ1v) is 11.7. The molecule has 0 unspecified atom stereocenters. The monoisotopic (exact) mass is 475 g/mol. The van der Waals surface area contributed by atoms with Crippen LogP contribution in [-0.2, 0) is 9.53 Å². The number of nitrogens with one attached hydrogen (secondary N) is 1. The van der Waals surface area contributed by atoms with Crippen LogP contribution < -0.4 is 15.8 Å². The Morgan fingerprint density at radius 2 is 1.60 bits per heavy atom. The summed E-state index contributed by atoms with van der Waals surface area (Å²) >= 11 is 0. The molecule has 1 N–H and O–H groups in total. The summed E-state index contributed by atoms with van der Waals surface area (Å²) in [6, 6.07) is 21.2. The number of para-hydroxylation sites is 1. The Labute approximate surface area is 203 Å². The third kappa shape index (κ3) is 6.06. The van der Waals surface area contributed by atoms with Gasteiger partial charge in [-0.1, -0.05) is 48.5 Å². The molecule has 0 radical (unpaired) electrons. The van der Waals surface area contributed by atoms with Gasteiger partial charge in [-0.2, -0.15) is 4.68 Å². The lowest BCUT2D eigenvalue weighted by Gasteiger charge is -2.36. The largest absolute Gasteiger partial charge is 0.466 e. The van der Waals surface area contributed by atoms with E-state index in [1.54, 1.807) is 17.9 Å². The van der Waals surface area contributed by atoms with Gasteiger partial charge in [0.25, 0.3) is 5.56 Å². The van der Waals surface area contributed by atoms with Crippen LogP contribution in [0, 0.1) is 0 Å². The van der Waals surface area contributed by atoms with Gasteiger partial charge in [0.05, 0.1) is 24.8 Å². The number of benzene rings is 2. The zero-order chi connectivity index (χ0) is 24.6. The van der Waals surface area contributed by atoms with E-state index in [-0.39, 0.29) is 24.0 Å². The maximum absolute atomic E-state index is 13.0. The number of aromatic nitrogens is 2. The molecule has 3 aromatic rings. The van der Waals surface area contributed by atoms with Gasteiger partial charge in [-0.25, -0.2) is 4.79 Å². The van der Waals surface area contributed by atoms with E-state index in [0.717, 1.165) is 5.56 Å². The number of ether oxygens (including phenoxy) is 1. The van der Waals surface area contributed by atoms with E-state index in [4.69, 9.17) is 4.74 Å². The van der Waals surface area contributed by atoms with Gasteiger partial charge in [0.1, 0.15) is 5.82 Å². The molecule has 0 saturated carbocycles. The standard InChI is InChI=1S/C26H29N5O4/c1-2-35-25(33)19-22(20-9-5-3-6-10-20)27-26(34)30-17-15-29(16-18-30)23-13-14-24(32)31(28-23)21-11-7-4-8-12-21/h3-14,22H,2,15-19H2,1H3,(H,27,34)/t22-/m1/s1. The van der Waals surface area contributed by atoms with Gasteiger partial charge >= 0.3 is 12.0 Å². The van der Waals surface area contributed by atoms with E-state index < -0.39 is 6.04 Å². The topological polar surface area (TPSA) is 96.8 Å². The number of hydrogen-bond donors (Lipinski definition) is 1. The molecule has 1 atom stereocenters. The minimum absolute atomic E-state index is 0.0640. The van der Waals surface area contributed by atoms with Crippen LogP contribution in [0.2, 0.25) is 0 Å². The molecule has 9 nitrogen and oxygen atoms in total. The number of rotatable bonds is 7. The Balaban J connectivity index is 1.40. The average Bonchev–Trinajstić information content (AvgIpc) is 2.90. The van der Waals surface area contributed by atoms with Crippen LogP contribution in [0.1, 0.15) is 24.9 Å². The molecule has 2 aromatic carbocycles. The van der Waals surface area contributed by atoms with E-state index in [9.17, 15) is 14.4 Å². The molecule has 1 saturated heterocycles. The van der Waals surface area contributed by atoms with Crippen molar-refractivity contribution in [3.63, 3.8) is 0 Å². The molecular formula is C26H29N5O4. The third-order valence-electron chi connectivity index (χ3n) is 5.85. The van der Waals surface area contributed by atoms with E-state index >= 15 is 0 Å². The van der Waals surface area contributed by atoms with Crippen molar-refractivity contribution in [1.82, 2.24) is 20.0 Å². The molecule has 0 aliphatic carbocycles. The van der Waals surface area contributed by atoms with Crippen LogP contribution in [0.15, 0.2) is 77.6 Å². The number of urea groups is 1. The second-order valence-electron chi connectivity index (χ2n) is 8.17. The minimum atomic E-state index is -0.475. The molecule has 2 amide bonds. The van der Waals surface area contributed by atoms with Gasteiger partial charge in [-0.3, -0.25) is 9.59 Å². The lowest BCUT2D eigenvalue weighted by Crippen LogP contribution is -2.52. The second-order valence-corrected chi connectivity index (χ2v) is 8.17. The molecule has 1 fully saturated rings. The fourth-order valence-electron chi connectivity index (χ4n) is 4.03. The van der Waals surface area contributed by atoms with Crippen molar-refractivity contribution in [2.24, 2.45) is 0 Å². The van der Waals surface area contributed by atoms with Gasteiger partial charge in [0.2, 0.25) is 0 Å². The summed E-state index contributed by atoms with van der Waals surface area (Å²) in [7, 11) is 0. The zero-order valence-electron chi connectivity index (χ0n) is 19.7. The van der Waals surface area contributed by atoms with Crippen LogP contribution in [-0.4, -0.2) is 59.5 Å². The molecule has 4 rings (SSSR count). The van der Waals surface area contributed by atoms with Gasteiger partial charge in [-0.15, -0.1) is 5.10 Å². The van der Waals surface area contributed by atoms with Crippen LogP contribution >= 0.6 is 0 Å². The van der Waals surface area contributed by atoms with E-state index in [1.807, 2.05) is 60.7 Å². The Bertz CT molecular complexity index is 1190. The highest BCUT2D eigenvalue weighted by molar-refractivity contribution is 5.77. The van der Waals surface area contributed by atoms with Crippen LogP contribution in [0.3, 0.4) is 0 Å². The summed E-state index contributed by atoms with van der Waals surface area (Å²) in [6.07, 6.45) is 0.0640. The summed E-state index contributed by atoms with van der Waals surface area (Å²) in [6.45, 7) is 4.16. The second kappa shape index (κ2) is 11.3. The first-order chi connectivity index (χ1) is 17.0. The van der Waals surface area contributed by atoms with Crippen molar-refractivity contribution >= 4 is 17.8 Å². The minimum Gasteiger partial charge on any atom is -0.466 e.